The van der Waals surface area contributed by atoms with E-state index < -0.39 is 0 Å². The smallest absolute Gasteiger partial charge is 0.226 e. The first kappa shape index (κ1) is 27.7. The number of thiocarbonyl (C=S) groups is 1. The van der Waals surface area contributed by atoms with Crippen LogP contribution in [0.1, 0.15) is 52.3 Å². The van der Waals surface area contributed by atoms with Crippen molar-refractivity contribution in [2.45, 2.75) is 46.2 Å². The Bertz CT molecular complexity index is 1770. The van der Waals surface area contributed by atoms with E-state index in [4.69, 9.17) is 17.2 Å². The maximum absolute atomic E-state index is 13.3. The molecule has 0 bridgehead atoms. The van der Waals surface area contributed by atoms with E-state index in [2.05, 4.69) is 84.2 Å². The first-order valence-electron chi connectivity index (χ1n) is 14.3. The van der Waals surface area contributed by atoms with Gasteiger partial charge in [0.1, 0.15) is 0 Å². The molecule has 5 aromatic rings. The number of pyridine rings is 1. The van der Waals surface area contributed by atoms with Gasteiger partial charge in [-0.25, -0.2) is 0 Å². The van der Waals surface area contributed by atoms with Crippen molar-refractivity contribution < 1.29 is 4.79 Å². The number of para-hydroxylation sites is 1. The van der Waals surface area contributed by atoms with E-state index in [0.29, 0.717) is 18.1 Å². The van der Waals surface area contributed by atoms with Crippen molar-refractivity contribution in [1.29, 1.82) is 0 Å². The minimum atomic E-state index is -0.147. The minimum absolute atomic E-state index is 0.0461. The monoisotopic (exact) mass is 573 g/mol. The molecule has 0 unspecified atom stereocenters. The molecule has 7 heteroatoms. The maximum atomic E-state index is 13.3. The quantitative estimate of drug-likeness (QED) is 0.201. The van der Waals surface area contributed by atoms with Crippen molar-refractivity contribution >= 4 is 39.7 Å². The Hall–Kier alpha value is -4.49. The number of benzene rings is 3. The van der Waals surface area contributed by atoms with Crippen LogP contribution in [-0.2, 0) is 4.79 Å². The fourth-order valence-corrected chi connectivity index (χ4v) is 6.68. The summed E-state index contributed by atoms with van der Waals surface area (Å²) in [6.07, 6.45) is 2.11. The standard InChI is InChI=1S/C35H35N5OS/c1-22-11-9-12-23(2)33(22)40-24(3)21-28(25(40)4)34-32(30-16-7-8-19-36-30)38-35(42)39(34)20-18-31(41)37-29-17-10-14-26-13-5-6-15-27(26)29/h5-17,19,21,32,34H,18,20H2,1-4H3,(H,37,41)(H,38,42)/t32-,34+/m1/s1. The zero-order valence-corrected chi connectivity index (χ0v) is 25.2. The van der Waals surface area contributed by atoms with Crippen LogP contribution in [0.25, 0.3) is 16.5 Å². The molecule has 1 saturated heterocycles. The lowest BCUT2D eigenvalue weighted by molar-refractivity contribution is -0.116. The predicted molar refractivity (Wildman–Crippen MR) is 174 cm³/mol. The summed E-state index contributed by atoms with van der Waals surface area (Å²) in [4.78, 5) is 20.1. The van der Waals surface area contributed by atoms with E-state index in [1.807, 2.05) is 54.7 Å². The lowest BCUT2D eigenvalue weighted by Crippen LogP contribution is -2.33. The van der Waals surface area contributed by atoms with E-state index >= 15 is 0 Å². The number of nitrogens with one attached hydrogen (secondary N) is 2. The van der Waals surface area contributed by atoms with Gasteiger partial charge in [0.2, 0.25) is 5.91 Å². The van der Waals surface area contributed by atoms with Crippen LogP contribution in [0.3, 0.4) is 0 Å². The van der Waals surface area contributed by atoms with E-state index in [1.54, 1.807) is 0 Å². The van der Waals surface area contributed by atoms with Crippen LogP contribution in [-0.4, -0.2) is 32.0 Å². The van der Waals surface area contributed by atoms with Gasteiger partial charge in [-0.05, 0) is 86.3 Å². The molecular weight excluding hydrogens is 538 g/mol. The molecule has 1 fully saturated rings. The molecular formula is C35H35N5OS. The topological polar surface area (TPSA) is 62.2 Å². The Morgan fingerprint density at radius 2 is 1.64 bits per heavy atom. The molecule has 3 aromatic carbocycles. The molecule has 42 heavy (non-hydrogen) atoms. The van der Waals surface area contributed by atoms with Crippen molar-refractivity contribution in [2.75, 3.05) is 11.9 Å². The fourth-order valence-electron chi connectivity index (χ4n) is 6.34. The van der Waals surface area contributed by atoms with Crippen LogP contribution < -0.4 is 10.6 Å². The third kappa shape index (κ3) is 5.05. The van der Waals surface area contributed by atoms with Crippen molar-refractivity contribution in [2.24, 2.45) is 0 Å². The number of anilines is 1. The Labute approximate surface area is 252 Å². The molecule has 212 valence electrons. The molecule has 1 amide bonds. The molecule has 0 spiro atoms. The number of nitrogens with zero attached hydrogens (tertiary/aromatic N) is 3. The third-order valence-corrected chi connectivity index (χ3v) is 8.65. The Morgan fingerprint density at radius 1 is 0.929 bits per heavy atom. The number of amides is 1. The average Bonchev–Trinajstić information content (AvgIpc) is 3.47. The number of carbonyl (C=O) groups excluding carboxylic acids is 1. The molecule has 1 aliphatic rings. The molecule has 3 heterocycles. The maximum Gasteiger partial charge on any atom is 0.226 e. The van der Waals surface area contributed by atoms with Gasteiger partial charge >= 0.3 is 0 Å². The van der Waals surface area contributed by atoms with E-state index in [9.17, 15) is 4.79 Å². The third-order valence-electron chi connectivity index (χ3n) is 8.29. The SMILES string of the molecule is Cc1cccc(C)c1-n1c(C)cc([C@H]2[C@@H](c3ccccn3)NC(=S)N2CCC(=O)Nc2cccc3ccccc23)c1C. The van der Waals surface area contributed by atoms with Crippen molar-refractivity contribution in [1.82, 2.24) is 19.8 Å². The molecule has 6 rings (SSSR count). The second-order valence-corrected chi connectivity index (χ2v) is 11.4. The number of aryl methyl sites for hydroxylation is 3. The van der Waals surface area contributed by atoms with Gasteiger partial charge in [-0.2, -0.15) is 0 Å². The second-order valence-electron chi connectivity index (χ2n) is 11.0. The van der Waals surface area contributed by atoms with Gasteiger partial charge in [-0.3, -0.25) is 9.78 Å². The van der Waals surface area contributed by atoms with Gasteiger partial charge in [-0.1, -0.05) is 60.7 Å². The van der Waals surface area contributed by atoms with Crippen LogP contribution in [0, 0.1) is 27.7 Å². The molecule has 0 saturated carbocycles. The molecule has 2 N–H and O–H groups in total. The van der Waals surface area contributed by atoms with Gasteiger partial charge in [0.25, 0.3) is 0 Å². The summed E-state index contributed by atoms with van der Waals surface area (Å²) in [5, 5.41) is 9.42. The molecule has 1 aliphatic heterocycles. The second kappa shape index (κ2) is 11.4. The largest absolute Gasteiger partial charge is 0.352 e. The number of carbonyl (C=O) groups is 1. The normalized spacial score (nSPS) is 16.6. The summed E-state index contributed by atoms with van der Waals surface area (Å²) in [5.41, 5.74) is 8.90. The van der Waals surface area contributed by atoms with Gasteiger partial charge in [-0.15, -0.1) is 0 Å². The minimum Gasteiger partial charge on any atom is -0.352 e. The van der Waals surface area contributed by atoms with Gasteiger partial charge in [0.05, 0.1) is 23.5 Å². The lowest BCUT2D eigenvalue weighted by atomic mass is 9.96. The zero-order chi connectivity index (χ0) is 29.4. The summed E-state index contributed by atoms with van der Waals surface area (Å²) >= 11 is 5.91. The van der Waals surface area contributed by atoms with Crippen LogP contribution in [0.15, 0.2) is 91.1 Å². The fraction of sp³-hybridized carbons (Fsp3) is 0.229. The van der Waals surface area contributed by atoms with Crippen molar-refractivity contribution in [3.63, 3.8) is 0 Å². The molecule has 0 radical (unpaired) electrons. The average molecular weight is 574 g/mol. The summed E-state index contributed by atoms with van der Waals surface area (Å²) in [6.45, 7) is 9.12. The van der Waals surface area contributed by atoms with Gasteiger partial charge < -0.3 is 20.1 Å². The van der Waals surface area contributed by atoms with Crippen LogP contribution >= 0.6 is 12.2 Å². The number of fused-ring (bicyclic) bond motifs is 1. The molecule has 0 aliphatic carbocycles. The highest BCUT2D eigenvalue weighted by Gasteiger charge is 2.41. The Kier molecular flexibility index (Phi) is 7.52. The zero-order valence-electron chi connectivity index (χ0n) is 24.4. The number of rotatable bonds is 7. The van der Waals surface area contributed by atoms with Crippen molar-refractivity contribution in [3.8, 4) is 5.69 Å². The predicted octanol–water partition coefficient (Wildman–Crippen LogP) is 7.26. The van der Waals surface area contributed by atoms with E-state index in [1.165, 1.54) is 22.4 Å². The van der Waals surface area contributed by atoms with Crippen LogP contribution in [0.5, 0.6) is 0 Å². The molecule has 6 nitrogen and oxygen atoms in total. The van der Waals surface area contributed by atoms with Crippen molar-refractivity contribution in [3.05, 3.63) is 125 Å². The van der Waals surface area contributed by atoms with E-state index in [0.717, 1.165) is 33.5 Å². The van der Waals surface area contributed by atoms with Gasteiger partial charge in [0, 0.05) is 41.6 Å². The highest BCUT2D eigenvalue weighted by molar-refractivity contribution is 7.80. The molecule has 2 atom stereocenters. The summed E-state index contributed by atoms with van der Waals surface area (Å²) in [5.74, 6) is -0.0461. The highest BCUT2D eigenvalue weighted by atomic mass is 32.1. The number of hydrogen-bond acceptors (Lipinski definition) is 3. The number of hydrogen-bond donors (Lipinski definition) is 2. The first-order chi connectivity index (χ1) is 20.3. The molecule has 2 aromatic heterocycles. The van der Waals surface area contributed by atoms with Crippen LogP contribution in [0.4, 0.5) is 5.69 Å². The summed E-state index contributed by atoms with van der Waals surface area (Å²) in [6, 6.07) is 28.4. The summed E-state index contributed by atoms with van der Waals surface area (Å²) in [7, 11) is 0. The van der Waals surface area contributed by atoms with Crippen LogP contribution in [0.2, 0.25) is 0 Å². The lowest BCUT2D eigenvalue weighted by Gasteiger charge is -2.28. The first-order valence-corrected chi connectivity index (χ1v) is 14.8. The number of aromatic nitrogens is 2. The Morgan fingerprint density at radius 3 is 2.40 bits per heavy atom. The highest BCUT2D eigenvalue weighted by Crippen LogP contribution is 2.42. The van der Waals surface area contributed by atoms with Gasteiger partial charge in [0.15, 0.2) is 5.11 Å². The Balaban J connectivity index is 1.33. The van der Waals surface area contributed by atoms with E-state index in [-0.39, 0.29) is 18.0 Å². The summed E-state index contributed by atoms with van der Waals surface area (Å²) < 4.78 is 2.35.